The Hall–Kier alpha value is -6.13. The molecule has 0 fully saturated rings. The molecule has 0 saturated carbocycles. The fraction of sp³-hybridized carbons (Fsp3) is 0.300. The average Bonchev–Trinajstić information content (AvgIpc) is 3.93. The molecule has 7 rings (SSSR count). The lowest BCUT2D eigenvalue weighted by Gasteiger charge is -2.07. The maximum Gasteiger partial charge on any atom is 0.229 e. The maximum absolute atomic E-state index is 5.96. The van der Waals surface area contributed by atoms with E-state index >= 15 is 0 Å². The number of imidazole rings is 1. The molecule has 242 valence electrons. The van der Waals surface area contributed by atoms with Crippen molar-refractivity contribution in [2.24, 2.45) is 0 Å². The molecule has 47 heavy (non-hydrogen) atoms. The summed E-state index contributed by atoms with van der Waals surface area (Å²) < 4.78 is 9.31. The van der Waals surface area contributed by atoms with E-state index in [1.807, 2.05) is 75.0 Å². The second-order valence-corrected chi connectivity index (χ2v) is 10.5. The predicted octanol–water partition coefficient (Wildman–Crippen LogP) is 3.82. The van der Waals surface area contributed by atoms with Crippen LogP contribution in [0, 0.1) is 0 Å². The van der Waals surface area contributed by atoms with E-state index in [1.165, 1.54) is 0 Å². The molecule has 0 aliphatic heterocycles. The van der Waals surface area contributed by atoms with Gasteiger partial charge in [-0.2, -0.15) is 25.4 Å². The van der Waals surface area contributed by atoms with Gasteiger partial charge in [-0.3, -0.25) is 23.3 Å². The number of fused-ring (bicyclic) bond motifs is 1. The Kier molecular flexibility index (Phi) is 9.12. The number of nitrogens with two attached hydrogens (primary N) is 1. The summed E-state index contributed by atoms with van der Waals surface area (Å²) in [7, 11) is 0. The quantitative estimate of drug-likeness (QED) is 0.186. The molecule has 0 unspecified atom stereocenters. The van der Waals surface area contributed by atoms with Crippen LogP contribution in [-0.2, 0) is 32.6 Å². The number of rotatable bonds is 11. The first-order valence-corrected chi connectivity index (χ1v) is 15.4. The SMILES string of the molecule is CCn1cc(Cc2ncc(N)c(Nc3cnn(CC)c3)n2)cn1.CCn1cc(Nc2ncc3ncn(-c4cnn(CC)c4)c3n2)cn1. The van der Waals surface area contributed by atoms with E-state index in [-0.39, 0.29) is 0 Å². The van der Waals surface area contributed by atoms with Crippen molar-refractivity contribution in [1.82, 2.24) is 68.6 Å². The van der Waals surface area contributed by atoms with Gasteiger partial charge in [0.2, 0.25) is 5.95 Å². The Morgan fingerprint density at radius 1 is 0.638 bits per heavy atom. The van der Waals surface area contributed by atoms with E-state index in [9.17, 15) is 0 Å². The molecular formula is C30H37N17. The number of nitrogen functional groups attached to an aromatic ring is 1. The van der Waals surface area contributed by atoms with E-state index < -0.39 is 0 Å². The highest BCUT2D eigenvalue weighted by Gasteiger charge is 2.11. The first-order chi connectivity index (χ1) is 22.9. The summed E-state index contributed by atoms with van der Waals surface area (Å²) in [5.74, 6) is 1.79. The molecule has 0 aliphatic rings. The number of aryl methyl sites for hydroxylation is 4. The molecule has 7 aromatic heterocycles. The number of anilines is 5. The van der Waals surface area contributed by atoms with Gasteiger partial charge in [-0.1, -0.05) is 0 Å². The Bertz CT molecular complexity index is 2060. The number of nitrogens with zero attached hydrogens (tertiary/aromatic N) is 14. The lowest BCUT2D eigenvalue weighted by Crippen LogP contribution is -2.04. The molecule has 0 bridgehead atoms. The minimum atomic E-state index is 0.502. The summed E-state index contributed by atoms with van der Waals surface area (Å²) in [5, 5.41) is 23.4. The van der Waals surface area contributed by atoms with Gasteiger partial charge in [0, 0.05) is 57.4 Å². The Balaban J connectivity index is 0.000000165. The van der Waals surface area contributed by atoms with Crippen LogP contribution in [0.1, 0.15) is 39.1 Å². The van der Waals surface area contributed by atoms with Gasteiger partial charge in [0.05, 0.1) is 59.9 Å². The van der Waals surface area contributed by atoms with E-state index in [0.717, 1.165) is 60.0 Å². The molecule has 0 amide bonds. The van der Waals surface area contributed by atoms with Crippen molar-refractivity contribution in [2.75, 3.05) is 16.4 Å². The number of nitrogens with one attached hydrogen (secondary N) is 2. The minimum absolute atomic E-state index is 0.502. The largest absolute Gasteiger partial charge is 0.394 e. The molecule has 4 N–H and O–H groups in total. The second-order valence-electron chi connectivity index (χ2n) is 10.5. The van der Waals surface area contributed by atoms with Crippen LogP contribution in [0.5, 0.6) is 0 Å². The Morgan fingerprint density at radius 3 is 1.94 bits per heavy atom. The van der Waals surface area contributed by atoms with Crippen LogP contribution in [0.4, 0.5) is 28.8 Å². The first kappa shape index (κ1) is 30.9. The third kappa shape index (κ3) is 7.24. The van der Waals surface area contributed by atoms with Crippen LogP contribution in [0.15, 0.2) is 68.3 Å². The highest BCUT2D eigenvalue weighted by atomic mass is 15.3. The third-order valence-electron chi connectivity index (χ3n) is 7.19. The summed E-state index contributed by atoms with van der Waals surface area (Å²) >= 11 is 0. The first-order valence-electron chi connectivity index (χ1n) is 15.4. The summed E-state index contributed by atoms with van der Waals surface area (Å²) in [6.07, 6.45) is 20.6. The second kappa shape index (κ2) is 13.9. The zero-order valence-electron chi connectivity index (χ0n) is 26.7. The Morgan fingerprint density at radius 2 is 1.28 bits per heavy atom. The zero-order chi connectivity index (χ0) is 32.8. The summed E-state index contributed by atoms with van der Waals surface area (Å²) in [4.78, 5) is 22.1. The van der Waals surface area contributed by atoms with Crippen molar-refractivity contribution in [3.05, 3.63) is 79.7 Å². The molecule has 0 atom stereocenters. The lowest BCUT2D eigenvalue weighted by molar-refractivity contribution is 0.659. The summed E-state index contributed by atoms with van der Waals surface area (Å²) in [6.45, 7) is 11.5. The van der Waals surface area contributed by atoms with Gasteiger partial charge in [-0.15, -0.1) is 0 Å². The molecule has 7 aromatic rings. The van der Waals surface area contributed by atoms with Gasteiger partial charge in [0.15, 0.2) is 11.5 Å². The predicted molar refractivity (Wildman–Crippen MR) is 178 cm³/mol. The van der Waals surface area contributed by atoms with Crippen molar-refractivity contribution in [2.45, 2.75) is 60.3 Å². The van der Waals surface area contributed by atoms with Crippen LogP contribution < -0.4 is 16.4 Å². The van der Waals surface area contributed by atoms with Gasteiger partial charge in [-0.25, -0.2) is 19.9 Å². The fourth-order valence-corrected chi connectivity index (χ4v) is 4.64. The average molecular weight is 636 g/mol. The van der Waals surface area contributed by atoms with E-state index in [1.54, 1.807) is 37.3 Å². The topological polar surface area (TPSA) is 191 Å². The van der Waals surface area contributed by atoms with Crippen molar-refractivity contribution in [3.63, 3.8) is 0 Å². The van der Waals surface area contributed by atoms with Crippen molar-refractivity contribution in [1.29, 1.82) is 0 Å². The van der Waals surface area contributed by atoms with Crippen LogP contribution in [0.2, 0.25) is 0 Å². The zero-order valence-corrected chi connectivity index (χ0v) is 26.7. The van der Waals surface area contributed by atoms with Gasteiger partial charge in [0.25, 0.3) is 0 Å². The molecule has 0 radical (unpaired) electrons. The number of hydrogen-bond acceptors (Lipinski definition) is 12. The van der Waals surface area contributed by atoms with Crippen LogP contribution in [0.25, 0.3) is 16.9 Å². The molecule has 0 spiro atoms. The van der Waals surface area contributed by atoms with Crippen LogP contribution in [-0.4, -0.2) is 68.6 Å². The minimum Gasteiger partial charge on any atom is -0.394 e. The normalized spacial score (nSPS) is 11.1. The van der Waals surface area contributed by atoms with Crippen molar-refractivity contribution in [3.8, 4) is 5.69 Å². The van der Waals surface area contributed by atoms with E-state index in [0.29, 0.717) is 29.7 Å². The smallest absolute Gasteiger partial charge is 0.229 e. The number of aromatic nitrogens is 14. The maximum atomic E-state index is 5.96. The van der Waals surface area contributed by atoms with Crippen molar-refractivity contribution < 1.29 is 0 Å². The molecule has 0 aliphatic carbocycles. The van der Waals surface area contributed by atoms with Crippen molar-refractivity contribution >= 4 is 40.0 Å². The van der Waals surface area contributed by atoms with Crippen LogP contribution in [0.3, 0.4) is 0 Å². The van der Waals surface area contributed by atoms with Gasteiger partial charge >= 0.3 is 0 Å². The molecule has 17 nitrogen and oxygen atoms in total. The molecule has 0 saturated heterocycles. The summed E-state index contributed by atoms with van der Waals surface area (Å²) in [5.41, 5.74) is 11.6. The van der Waals surface area contributed by atoms with Gasteiger partial charge < -0.3 is 16.4 Å². The molecular weight excluding hydrogens is 598 g/mol. The lowest BCUT2D eigenvalue weighted by atomic mass is 10.2. The summed E-state index contributed by atoms with van der Waals surface area (Å²) in [6, 6.07) is 0. The standard InChI is InChI=1S/C15H17N9.C15H20N8/c1-3-22-8-11(5-18-22)20-15-16-7-13-14(21-15)24(10-17-13)12-6-19-23(4-2)9-12;1-3-22-9-11(6-18-22)5-14-17-8-13(16)15(21-14)20-12-7-19-23(4-2)10-12/h5-10H,3-4H2,1-2H3,(H,16,20,21);6-10H,3-5,16H2,1-2H3,(H,17,20,21). The highest BCUT2D eigenvalue weighted by molar-refractivity contribution is 5.73. The monoisotopic (exact) mass is 635 g/mol. The van der Waals surface area contributed by atoms with E-state index in [4.69, 9.17) is 5.73 Å². The van der Waals surface area contributed by atoms with E-state index in [2.05, 4.69) is 62.9 Å². The molecule has 7 heterocycles. The van der Waals surface area contributed by atoms with Crippen LogP contribution >= 0.6 is 0 Å². The molecule has 17 heteroatoms. The Labute approximate surface area is 270 Å². The fourth-order valence-electron chi connectivity index (χ4n) is 4.64. The number of hydrogen-bond donors (Lipinski definition) is 3. The van der Waals surface area contributed by atoms with Gasteiger partial charge in [0.1, 0.15) is 17.7 Å². The highest BCUT2D eigenvalue weighted by Crippen LogP contribution is 2.21. The molecule has 0 aromatic carbocycles. The third-order valence-corrected chi connectivity index (χ3v) is 7.19. The van der Waals surface area contributed by atoms with Gasteiger partial charge in [-0.05, 0) is 33.3 Å².